The maximum Gasteiger partial charge on any atom is 0.256 e. The largest absolute Gasteiger partial charge is 0.489 e. The number of carbonyl (C=O) groups is 1. The summed E-state index contributed by atoms with van der Waals surface area (Å²) in [6, 6.07) is 17.0. The highest BCUT2D eigenvalue weighted by atomic mass is 127. The summed E-state index contributed by atoms with van der Waals surface area (Å²) in [5, 5.41) is 2.77. The Labute approximate surface area is 163 Å². The predicted molar refractivity (Wildman–Crippen MR) is 104 cm³/mol. The van der Waals surface area contributed by atoms with Crippen molar-refractivity contribution in [1.82, 2.24) is 0 Å². The molecule has 3 aromatic carbocycles. The van der Waals surface area contributed by atoms with Crippen LogP contribution in [0.4, 0.5) is 14.5 Å². The number of halogens is 3. The number of hydrogen-bond acceptors (Lipinski definition) is 2. The van der Waals surface area contributed by atoms with Crippen molar-refractivity contribution in [3.05, 3.63) is 93.1 Å². The summed E-state index contributed by atoms with van der Waals surface area (Å²) in [5.41, 5.74) is 1.79. The van der Waals surface area contributed by atoms with Gasteiger partial charge in [0.1, 0.15) is 24.0 Å². The molecule has 0 aliphatic carbocycles. The fourth-order valence-electron chi connectivity index (χ4n) is 2.28. The molecule has 0 atom stereocenters. The Balaban J connectivity index is 1.66. The van der Waals surface area contributed by atoms with Crippen molar-refractivity contribution in [3.63, 3.8) is 0 Å². The van der Waals surface area contributed by atoms with Gasteiger partial charge in [-0.05, 0) is 70.6 Å². The summed E-state index contributed by atoms with van der Waals surface area (Å²) < 4.78 is 32.3. The molecule has 0 spiro atoms. The van der Waals surface area contributed by atoms with Gasteiger partial charge in [0.25, 0.3) is 5.91 Å². The first-order valence-electron chi connectivity index (χ1n) is 7.75. The van der Waals surface area contributed by atoms with Gasteiger partial charge in [0, 0.05) is 15.3 Å². The molecule has 3 aromatic rings. The zero-order valence-corrected chi connectivity index (χ0v) is 15.7. The molecular weight excluding hydrogens is 451 g/mol. The zero-order valence-electron chi connectivity index (χ0n) is 13.5. The second kappa shape index (κ2) is 8.27. The van der Waals surface area contributed by atoms with E-state index < -0.39 is 0 Å². The number of carbonyl (C=O) groups excluding carboxylic acids is 1. The van der Waals surface area contributed by atoms with Crippen molar-refractivity contribution >= 4 is 34.2 Å². The molecule has 0 heterocycles. The summed E-state index contributed by atoms with van der Waals surface area (Å²) in [7, 11) is 0. The van der Waals surface area contributed by atoms with Crippen molar-refractivity contribution in [2.75, 3.05) is 5.32 Å². The van der Waals surface area contributed by atoms with Crippen LogP contribution in [0.2, 0.25) is 0 Å². The third kappa shape index (κ3) is 4.78. The van der Waals surface area contributed by atoms with E-state index in [-0.39, 0.29) is 24.1 Å². The van der Waals surface area contributed by atoms with Crippen molar-refractivity contribution < 1.29 is 18.3 Å². The fraction of sp³-hybridized carbons (Fsp3) is 0.0500. The molecule has 1 N–H and O–H groups in total. The lowest BCUT2D eigenvalue weighted by molar-refractivity contribution is 0.102. The summed E-state index contributed by atoms with van der Waals surface area (Å²) in [6.45, 7) is 0.285. The van der Waals surface area contributed by atoms with Crippen molar-refractivity contribution in [2.45, 2.75) is 6.61 Å². The van der Waals surface area contributed by atoms with Gasteiger partial charge in [-0.2, -0.15) is 0 Å². The molecule has 0 saturated heterocycles. The van der Waals surface area contributed by atoms with E-state index in [1.807, 2.05) is 22.6 Å². The SMILES string of the molecule is O=C(Nc1cccc(OCc2ccc(F)cc2)c1)c1ccc(F)cc1I. The highest BCUT2D eigenvalue weighted by molar-refractivity contribution is 14.1. The molecule has 1 amide bonds. The molecule has 0 aliphatic heterocycles. The van der Waals surface area contributed by atoms with Crippen molar-refractivity contribution in [2.24, 2.45) is 0 Å². The Morgan fingerprint density at radius 1 is 0.962 bits per heavy atom. The first-order valence-corrected chi connectivity index (χ1v) is 8.83. The number of amides is 1. The van der Waals surface area contributed by atoms with E-state index in [9.17, 15) is 13.6 Å². The van der Waals surface area contributed by atoms with E-state index in [0.717, 1.165) is 5.56 Å². The maximum atomic E-state index is 13.2. The average Bonchev–Trinajstić information content (AvgIpc) is 2.61. The second-order valence-corrected chi connectivity index (χ2v) is 6.68. The lowest BCUT2D eigenvalue weighted by atomic mass is 10.2. The van der Waals surface area contributed by atoms with E-state index >= 15 is 0 Å². The number of anilines is 1. The predicted octanol–water partition coefficient (Wildman–Crippen LogP) is 5.40. The maximum absolute atomic E-state index is 13.2. The van der Waals surface area contributed by atoms with Crippen LogP contribution in [0.1, 0.15) is 15.9 Å². The fourth-order valence-corrected chi connectivity index (χ4v) is 3.01. The minimum absolute atomic E-state index is 0.285. The monoisotopic (exact) mass is 465 g/mol. The number of nitrogens with one attached hydrogen (secondary N) is 1. The average molecular weight is 465 g/mol. The van der Waals surface area contributed by atoms with Crippen LogP contribution in [-0.2, 0) is 6.61 Å². The van der Waals surface area contributed by atoms with Gasteiger partial charge in [-0.3, -0.25) is 4.79 Å². The Bertz CT molecular complexity index is 929. The summed E-state index contributed by atoms with van der Waals surface area (Å²) in [5.74, 6) is -0.443. The lowest BCUT2D eigenvalue weighted by Crippen LogP contribution is -2.13. The number of ether oxygens (including phenoxy) is 1. The Morgan fingerprint density at radius 3 is 2.42 bits per heavy atom. The lowest BCUT2D eigenvalue weighted by Gasteiger charge is -2.10. The molecule has 0 aromatic heterocycles. The van der Waals surface area contributed by atoms with Gasteiger partial charge < -0.3 is 10.1 Å². The van der Waals surface area contributed by atoms with Crippen LogP contribution in [0, 0.1) is 15.2 Å². The molecule has 0 bridgehead atoms. The molecule has 6 heteroatoms. The van der Waals surface area contributed by atoms with E-state index in [1.54, 1.807) is 36.4 Å². The molecule has 0 saturated carbocycles. The zero-order chi connectivity index (χ0) is 18.5. The van der Waals surface area contributed by atoms with Gasteiger partial charge >= 0.3 is 0 Å². The van der Waals surface area contributed by atoms with Crippen molar-refractivity contribution in [3.8, 4) is 5.75 Å². The van der Waals surface area contributed by atoms with E-state index in [0.29, 0.717) is 20.6 Å². The Kier molecular flexibility index (Phi) is 5.82. The number of benzene rings is 3. The third-order valence-corrected chi connectivity index (χ3v) is 4.48. The van der Waals surface area contributed by atoms with E-state index in [4.69, 9.17) is 4.74 Å². The van der Waals surface area contributed by atoms with Gasteiger partial charge in [0.05, 0.1) is 5.56 Å². The first-order chi connectivity index (χ1) is 12.5. The quantitative estimate of drug-likeness (QED) is 0.513. The van der Waals surface area contributed by atoms with Crippen LogP contribution in [0.25, 0.3) is 0 Å². The second-order valence-electron chi connectivity index (χ2n) is 5.52. The highest BCUT2D eigenvalue weighted by Gasteiger charge is 2.11. The Hall–Kier alpha value is -2.48. The smallest absolute Gasteiger partial charge is 0.256 e. The van der Waals surface area contributed by atoms with Crippen LogP contribution in [0.15, 0.2) is 66.7 Å². The molecule has 132 valence electrons. The van der Waals surface area contributed by atoms with Gasteiger partial charge in [-0.1, -0.05) is 18.2 Å². The van der Waals surface area contributed by atoms with Crippen LogP contribution in [0.5, 0.6) is 5.75 Å². The minimum Gasteiger partial charge on any atom is -0.489 e. The summed E-state index contributed by atoms with van der Waals surface area (Å²) in [4.78, 5) is 12.4. The van der Waals surface area contributed by atoms with Crippen LogP contribution < -0.4 is 10.1 Å². The minimum atomic E-state index is -0.387. The normalized spacial score (nSPS) is 10.4. The first kappa shape index (κ1) is 18.3. The van der Waals surface area contributed by atoms with Crippen LogP contribution in [-0.4, -0.2) is 5.91 Å². The van der Waals surface area contributed by atoms with E-state index in [1.165, 1.54) is 30.3 Å². The highest BCUT2D eigenvalue weighted by Crippen LogP contribution is 2.21. The van der Waals surface area contributed by atoms with Gasteiger partial charge in [0.2, 0.25) is 0 Å². The molecule has 0 radical (unpaired) electrons. The van der Waals surface area contributed by atoms with Crippen LogP contribution >= 0.6 is 22.6 Å². The summed E-state index contributed by atoms with van der Waals surface area (Å²) in [6.07, 6.45) is 0. The molecule has 26 heavy (non-hydrogen) atoms. The van der Waals surface area contributed by atoms with Crippen LogP contribution in [0.3, 0.4) is 0 Å². The number of rotatable bonds is 5. The molecule has 0 unspecified atom stereocenters. The molecular formula is C20H14F2INO2. The van der Waals surface area contributed by atoms with Gasteiger partial charge in [0.15, 0.2) is 0 Å². The summed E-state index contributed by atoms with van der Waals surface area (Å²) >= 11 is 1.92. The van der Waals surface area contributed by atoms with Gasteiger partial charge in [-0.25, -0.2) is 8.78 Å². The molecule has 3 rings (SSSR count). The molecule has 3 nitrogen and oxygen atoms in total. The Morgan fingerprint density at radius 2 is 1.69 bits per heavy atom. The topological polar surface area (TPSA) is 38.3 Å². The van der Waals surface area contributed by atoms with Crippen molar-refractivity contribution in [1.29, 1.82) is 0 Å². The third-order valence-electron chi connectivity index (χ3n) is 3.59. The molecule has 0 fully saturated rings. The van der Waals surface area contributed by atoms with Gasteiger partial charge in [-0.15, -0.1) is 0 Å². The standard InChI is InChI=1S/C20H14F2INO2/c21-14-6-4-13(5-7-14)12-26-17-3-1-2-16(11-17)24-20(25)18-9-8-15(22)10-19(18)23/h1-11H,12H2,(H,24,25). The molecule has 0 aliphatic rings. The van der Waals surface area contributed by atoms with E-state index in [2.05, 4.69) is 5.32 Å². The number of hydrogen-bond donors (Lipinski definition) is 1.